The minimum absolute atomic E-state index is 0.0218. The van der Waals surface area contributed by atoms with Gasteiger partial charge in [0, 0.05) is 28.6 Å². The van der Waals surface area contributed by atoms with E-state index in [2.05, 4.69) is 5.32 Å². The number of halogens is 2. The summed E-state index contributed by atoms with van der Waals surface area (Å²) in [7, 11) is 0. The largest absolute Gasteiger partial charge is 0.480 e. The molecule has 0 bridgehead atoms. The van der Waals surface area contributed by atoms with Crippen LogP contribution < -0.4 is 5.32 Å². The molecule has 0 saturated carbocycles. The van der Waals surface area contributed by atoms with E-state index in [1.54, 1.807) is 18.2 Å². The molecule has 26 heavy (non-hydrogen) atoms. The van der Waals surface area contributed by atoms with Crippen LogP contribution in [0.15, 0.2) is 42.5 Å². The molecule has 136 valence electrons. The van der Waals surface area contributed by atoms with E-state index in [9.17, 15) is 24.8 Å². The summed E-state index contributed by atoms with van der Waals surface area (Å²) in [4.78, 5) is 33.8. The van der Waals surface area contributed by atoms with Gasteiger partial charge in [-0.05, 0) is 23.3 Å². The van der Waals surface area contributed by atoms with Crippen molar-refractivity contribution < 1.29 is 19.6 Å². The van der Waals surface area contributed by atoms with E-state index >= 15 is 0 Å². The molecule has 7 nitrogen and oxygen atoms in total. The number of amides is 1. The number of carboxylic acid groups (broad SMARTS) is 1. The second-order valence-corrected chi connectivity index (χ2v) is 6.35. The van der Waals surface area contributed by atoms with Crippen LogP contribution in [-0.2, 0) is 22.4 Å². The first-order valence-electron chi connectivity index (χ1n) is 7.45. The number of carbonyl (C=O) groups excluding carboxylic acids is 1. The lowest BCUT2D eigenvalue weighted by Gasteiger charge is -2.15. The van der Waals surface area contributed by atoms with E-state index in [4.69, 9.17) is 23.2 Å². The zero-order valence-corrected chi connectivity index (χ0v) is 14.8. The van der Waals surface area contributed by atoms with Gasteiger partial charge in [0.15, 0.2) is 0 Å². The van der Waals surface area contributed by atoms with E-state index in [0.29, 0.717) is 21.2 Å². The first-order valence-corrected chi connectivity index (χ1v) is 8.21. The molecule has 2 aromatic carbocycles. The zero-order chi connectivity index (χ0) is 19.3. The molecule has 0 aliphatic rings. The standard InChI is InChI=1S/C17H14Cl2N2O5/c18-12-5-4-11(14(19)9-12)8-15(17(23)24)20-16(22)7-10-2-1-3-13(6-10)21(25)26/h1-6,9,15H,7-8H2,(H,20,22)(H,23,24)/t15-/m1/s1. The molecule has 0 aliphatic carbocycles. The van der Waals surface area contributed by atoms with Crippen LogP contribution in [0.25, 0.3) is 0 Å². The molecule has 1 amide bonds. The van der Waals surface area contributed by atoms with Gasteiger partial charge in [-0.1, -0.05) is 41.4 Å². The van der Waals surface area contributed by atoms with Crippen molar-refractivity contribution >= 4 is 40.8 Å². The third-order valence-corrected chi connectivity index (χ3v) is 4.15. The Bertz CT molecular complexity index is 857. The molecule has 1 atom stereocenters. The highest BCUT2D eigenvalue weighted by Crippen LogP contribution is 2.22. The number of benzene rings is 2. The van der Waals surface area contributed by atoms with Crippen LogP contribution in [0.4, 0.5) is 5.69 Å². The predicted octanol–water partition coefficient (Wildman–Crippen LogP) is 3.26. The Morgan fingerprint density at radius 3 is 2.54 bits per heavy atom. The van der Waals surface area contributed by atoms with Gasteiger partial charge >= 0.3 is 5.97 Å². The Morgan fingerprint density at radius 2 is 1.92 bits per heavy atom. The minimum atomic E-state index is -1.22. The maximum absolute atomic E-state index is 12.1. The number of nitrogens with zero attached hydrogens (tertiary/aromatic N) is 1. The molecule has 0 aromatic heterocycles. The summed E-state index contributed by atoms with van der Waals surface area (Å²) in [5, 5.41) is 23.2. The lowest BCUT2D eigenvalue weighted by Crippen LogP contribution is -2.43. The fraction of sp³-hybridized carbons (Fsp3) is 0.176. The van der Waals surface area contributed by atoms with Crippen molar-refractivity contribution in [2.75, 3.05) is 0 Å². The molecule has 0 aliphatic heterocycles. The molecule has 0 saturated heterocycles. The molecule has 0 radical (unpaired) electrons. The molecule has 0 heterocycles. The van der Waals surface area contributed by atoms with Crippen molar-refractivity contribution in [3.05, 3.63) is 73.8 Å². The van der Waals surface area contributed by atoms with Crippen molar-refractivity contribution in [2.45, 2.75) is 18.9 Å². The topological polar surface area (TPSA) is 110 Å². The number of carbonyl (C=O) groups is 2. The second-order valence-electron chi connectivity index (χ2n) is 5.50. The molecule has 2 aromatic rings. The Labute approximate surface area is 158 Å². The van der Waals surface area contributed by atoms with Gasteiger partial charge in [0.25, 0.3) is 5.69 Å². The Kier molecular flexibility index (Phi) is 6.54. The molecular weight excluding hydrogens is 383 g/mol. The van der Waals surface area contributed by atoms with Crippen LogP contribution in [0.3, 0.4) is 0 Å². The van der Waals surface area contributed by atoms with Crippen LogP contribution in [-0.4, -0.2) is 27.9 Å². The van der Waals surface area contributed by atoms with Crippen LogP contribution in [0.5, 0.6) is 0 Å². The number of nitrogens with one attached hydrogen (secondary N) is 1. The van der Waals surface area contributed by atoms with E-state index < -0.39 is 22.8 Å². The van der Waals surface area contributed by atoms with Crippen LogP contribution in [0.1, 0.15) is 11.1 Å². The van der Waals surface area contributed by atoms with Crippen molar-refractivity contribution in [1.82, 2.24) is 5.32 Å². The van der Waals surface area contributed by atoms with Crippen LogP contribution in [0, 0.1) is 10.1 Å². The summed E-state index contributed by atoms with van der Waals surface area (Å²) < 4.78 is 0. The number of non-ortho nitro benzene ring substituents is 1. The minimum Gasteiger partial charge on any atom is -0.480 e. The number of nitro groups is 1. The van der Waals surface area contributed by atoms with Gasteiger partial charge in [-0.25, -0.2) is 4.79 Å². The van der Waals surface area contributed by atoms with E-state index in [0.717, 1.165) is 0 Å². The fourth-order valence-electron chi connectivity index (χ4n) is 2.32. The molecule has 0 unspecified atom stereocenters. The zero-order valence-electron chi connectivity index (χ0n) is 13.3. The SMILES string of the molecule is O=C(Cc1cccc([N+](=O)[O-])c1)N[C@H](Cc1ccc(Cl)cc1Cl)C(=O)O. The van der Waals surface area contributed by atoms with Crippen LogP contribution in [0.2, 0.25) is 10.0 Å². The van der Waals surface area contributed by atoms with Gasteiger partial charge in [-0.3, -0.25) is 14.9 Å². The van der Waals surface area contributed by atoms with Gasteiger partial charge in [0.1, 0.15) is 6.04 Å². The highest BCUT2D eigenvalue weighted by atomic mass is 35.5. The monoisotopic (exact) mass is 396 g/mol. The molecule has 2 N–H and O–H groups in total. The molecule has 9 heteroatoms. The van der Waals surface area contributed by atoms with Gasteiger partial charge in [-0.2, -0.15) is 0 Å². The van der Waals surface area contributed by atoms with Crippen molar-refractivity contribution in [2.24, 2.45) is 0 Å². The average molecular weight is 397 g/mol. The quantitative estimate of drug-likeness (QED) is 0.551. The molecule has 0 spiro atoms. The molecular formula is C17H14Cl2N2O5. The second kappa shape index (κ2) is 8.64. The number of nitro benzene ring substituents is 1. The lowest BCUT2D eigenvalue weighted by atomic mass is 10.0. The third kappa shape index (κ3) is 5.44. The Morgan fingerprint density at radius 1 is 1.19 bits per heavy atom. The predicted molar refractivity (Wildman–Crippen MR) is 96.5 cm³/mol. The number of hydrogen-bond donors (Lipinski definition) is 2. The summed E-state index contributed by atoms with van der Waals surface area (Å²) in [6.45, 7) is 0. The Balaban J connectivity index is 2.07. The summed E-state index contributed by atoms with van der Waals surface area (Å²) >= 11 is 11.8. The first kappa shape index (κ1) is 19.7. The first-order chi connectivity index (χ1) is 12.3. The molecule has 0 fully saturated rings. The maximum atomic E-state index is 12.1. The summed E-state index contributed by atoms with van der Waals surface area (Å²) in [6.07, 6.45) is -0.203. The molecule has 2 rings (SSSR count). The number of hydrogen-bond acceptors (Lipinski definition) is 4. The maximum Gasteiger partial charge on any atom is 0.326 e. The normalized spacial score (nSPS) is 11.6. The van der Waals surface area contributed by atoms with E-state index in [1.807, 2.05) is 0 Å². The third-order valence-electron chi connectivity index (χ3n) is 3.56. The highest BCUT2D eigenvalue weighted by molar-refractivity contribution is 6.35. The van der Waals surface area contributed by atoms with Crippen LogP contribution >= 0.6 is 23.2 Å². The summed E-state index contributed by atoms with van der Waals surface area (Å²) in [5.41, 5.74) is 0.794. The average Bonchev–Trinajstić information content (AvgIpc) is 2.56. The Hall–Kier alpha value is -2.64. The number of aliphatic carboxylic acids is 1. The number of rotatable bonds is 7. The summed E-state index contributed by atoms with van der Waals surface area (Å²) in [6, 6.07) is 9.05. The van der Waals surface area contributed by atoms with Crippen molar-refractivity contribution in [3.63, 3.8) is 0 Å². The highest BCUT2D eigenvalue weighted by Gasteiger charge is 2.22. The van der Waals surface area contributed by atoms with Crippen molar-refractivity contribution in [1.29, 1.82) is 0 Å². The van der Waals surface area contributed by atoms with Gasteiger partial charge < -0.3 is 10.4 Å². The van der Waals surface area contributed by atoms with E-state index in [-0.39, 0.29) is 18.5 Å². The van der Waals surface area contributed by atoms with E-state index in [1.165, 1.54) is 24.3 Å². The summed E-state index contributed by atoms with van der Waals surface area (Å²) in [5.74, 6) is -1.79. The van der Waals surface area contributed by atoms with Gasteiger partial charge in [0.05, 0.1) is 11.3 Å². The lowest BCUT2D eigenvalue weighted by molar-refractivity contribution is -0.384. The van der Waals surface area contributed by atoms with Gasteiger partial charge in [0.2, 0.25) is 5.91 Å². The van der Waals surface area contributed by atoms with Crippen molar-refractivity contribution in [3.8, 4) is 0 Å². The smallest absolute Gasteiger partial charge is 0.326 e. The van der Waals surface area contributed by atoms with Gasteiger partial charge in [-0.15, -0.1) is 0 Å². The number of carboxylic acids is 1. The fourth-order valence-corrected chi connectivity index (χ4v) is 2.80.